The van der Waals surface area contributed by atoms with E-state index in [9.17, 15) is 8.78 Å². The highest BCUT2D eigenvalue weighted by molar-refractivity contribution is 5.17. The normalized spacial score (nSPS) is 46.0. The van der Waals surface area contributed by atoms with E-state index in [1.165, 1.54) is 25.7 Å². The summed E-state index contributed by atoms with van der Waals surface area (Å²) in [5.74, 6) is 2.96. The lowest BCUT2D eigenvalue weighted by atomic mass is 9.67. The lowest BCUT2D eigenvalue weighted by molar-refractivity contribution is 0.0964. The van der Waals surface area contributed by atoms with Crippen LogP contribution in [0.25, 0.3) is 0 Å². The molecule has 0 nitrogen and oxygen atoms in total. The van der Waals surface area contributed by atoms with Gasteiger partial charge in [-0.1, -0.05) is 33.6 Å². The van der Waals surface area contributed by atoms with E-state index in [2.05, 4.69) is 13.8 Å². The molecule has 3 aliphatic rings. The van der Waals surface area contributed by atoms with E-state index in [1.807, 2.05) is 6.92 Å². The quantitative estimate of drug-likeness (QED) is 0.520. The third kappa shape index (κ3) is 3.82. The fourth-order valence-electron chi connectivity index (χ4n) is 5.41. The number of hydrogen-bond donors (Lipinski definition) is 0. The molecular weight excluding hydrogens is 290 g/mol. The fraction of sp³-hybridized carbons (Fsp3) is 0.905. The third-order valence-electron chi connectivity index (χ3n) is 7.43. The van der Waals surface area contributed by atoms with E-state index in [0.29, 0.717) is 24.7 Å². The second kappa shape index (κ2) is 7.23. The first kappa shape index (κ1) is 17.4. The van der Waals surface area contributed by atoms with Crippen LogP contribution in [0.5, 0.6) is 0 Å². The van der Waals surface area contributed by atoms with Crippen LogP contribution in [-0.2, 0) is 0 Å². The minimum atomic E-state index is -0.749. The van der Waals surface area contributed by atoms with Gasteiger partial charge in [0, 0.05) is 6.42 Å². The van der Waals surface area contributed by atoms with Gasteiger partial charge in [0.15, 0.2) is 0 Å². The summed E-state index contributed by atoms with van der Waals surface area (Å²) >= 11 is 0. The van der Waals surface area contributed by atoms with E-state index in [0.717, 1.165) is 36.7 Å². The van der Waals surface area contributed by atoms with Crippen LogP contribution in [0.4, 0.5) is 8.78 Å². The van der Waals surface area contributed by atoms with Gasteiger partial charge >= 0.3 is 0 Å². The minimum Gasteiger partial charge on any atom is -0.247 e. The van der Waals surface area contributed by atoms with Crippen molar-refractivity contribution in [2.45, 2.75) is 84.7 Å². The van der Waals surface area contributed by atoms with E-state index >= 15 is 0 Å². The summed E-state index contributed by atoms with van der Waals surface area (Å²) < 4.78 is 29.0. The van der Waals surface area contributed by atoms with Gasteiger partial charge in [-0.3, -0.25) is 0 Å². The fourth-order valence-corrected chi connectivity index (χ4v) is 5.41. The largest absolute Gasteiger partial charge is 0.247 e. The van der Waals surface area contributed by atoms with Gasteiger partial charge in [0.1, 0.15) is 6.17 Å². The summed E-state index contributed by atoms with van der Waals surface area (Å²) in [4.78, 5) is 0. The summed E-state index contributed by atoms with van der Waals surface area (Å²) in [6.07, 6.45) is 8.68. The molecule has 0 N–H and O–H groups in total. The smallest absolute Gasteiger partial charge is 0.103 e. The molecule has 0 spiro atoms. The first-order valence-electron chi connectivity index (χ1n) is 9.97. The van der Waals surface area contributed by atoms with Gasteiger partial charge in [0.25, 0.3) is 0 Å². The topological polar surface area (TPSA) is 0 Å². The molecule has 132 valence electrons. The molecule has 0 heterocycles. The Hall–Kier alpha value is -0.400. The summed E-state index contributed by atoms with van der Waals surface area (Å²) in [6, 6.07) is 0. The van der Waals surface area contributed by atoms with Gasteiger partial charge < -0.3 is 0 Å². The van der Waals surface area contributed by atoms with E-state index < -0.39 is 6.17 Å². The highest BCUT2D eigenvalue weighted by atomic mass is 19.1. The van der Waals surface area contributed by atoms with Crippen molar-refractivity contribution in [2.75, 3.05) is 0 Å². The number of halogens is 2. The summed E-state index contributed by atoms with van der Waals surface area (Å²) in [7, 11) is 0. The van der Waals surface area contributed by atoms with Crippen molar-refractivity contribution in [2.24, 2.45) is 35.5 Å². The second-order valence-corrected chi connectivity index (χ2v) is 8.97. The molecule has 0 aromatic rings. The van der Waals surface area contributed by atoms with Gasteiger partial charge in [-0.15, -0.1) is 0 Å². The SMILES string of the molecule is CC1CCC(C2CCC(C3CC(C)C(C)C(F)C3)=C(F)C2)CC1. The molecule has 23 heavy (non-hydrogen) atoms. The van der Waals surface area contributed by atoms with Crippen LogP contribution in [0.2, 0.25) is 0 Å². The highest BCUT2D eigenvalue weighted by Crippen LogP contribution is 2.47. The number of allylic oxidation sites excluding steroid dienone is 2. The van der Waals surface area contributed by atoms with Crippen LogP contribution in [0.3, 0.4) is 0 Å². The summed E-state index contributed by atoms with van der Waals surface area (Å²) in [5.41, 5.74) is 0.992. The van der Waals surface area contributed by atoms with Crippen molar-refractivity contribution in [3.05, 3.63) is 11.4 Å². The van der Waals surface area contributed by atoms with Crippen LogP contribution in [0, 0.1) is 35.5 Å². The monoisotopic (exact) mass is 324 g/mol. The van der Waals surface area contributed by atoms with Crippen LogP contribution < -0.4 is 0 Å². The Morgan fingerprint density at radius 1 is 0.870 bits per heavy atom. The first-order valence-corrected chi connectivity index (χ1v) is 9.97. The number of alkyl halides is 1. The number of hydrogen-bond acceptors (Lipinski definition) is 0. The Bertz CT molecular complexity index is 421. The lowest BCUT2D eigenvalue weighted by Gasteiger charge is -2.40. The third-order valence-corrected chi connectivity index (χ3v) is 7.43. The first-order chi connectivity index (χ1) is 11.0. The molecule has 3 rings (SSSR count). The Balaban J connectivity index is 1.63. The second-order valence-electron chi connectivity index (χ2n) is 8.97. The number of rotatable bonds is 2. The summed E-state index contributed by atoms with van der Waals surface area (Å²) in [5, 5.41) is 0. The molecule has 0 saturated heterocycles. The minimum absolute atomic E-state index is 0.135. The van der Waals surface area contributed by atoms with Gasteiger partial charge in [-0.2, -0.15) is 0 Å². The van der Waals surface area contributed by atoms with E-state index in [1.54, 1.807) is 0 Å². The van der Waals surface area contributed by atoms with Crippen molar-refractivity contribution in [3.63, 3.8) is 0 Å². The van der Waals surface area contributed by atoms with Crippen molar-refractivity contribution in [1.82, 2.24) is 0 Å². The van der Waals surface area contributed by atoms with Crippen LogP contribution >= 0.6 is 0 Å². The molecule has 2 heteroatoms. The zero-order valence-electron chi connectivity index (χ0n) is 15.2. The van der Waals surface area contributed by atoms with Crippen LogP contribution in [0.1, 0.15) is 78.6 Å². The predicted octanol–water partition coefficient (Wildman–Crippen LogP) is 6.86. The summed E-state index contributed by atoms with van der Waals surface area (Å²) in [6.45, 7) is 6.49. The van der Waals surface area contributed by atoms with Gasteiger partial charge in [-0.25, -0.2) is 8.78 Å². The maximum Gasteiger partial charge on any atom is 0.103 e. The maximum atomic E-state index is 14.8. The molecule has 0 bridgehead atoms. The van der Waals surface area contributed by atoms with Crippen molar-refractivity contribution in [3.8, 4) is 0 Å². The molecule has 0 aromatic carbocycles. The zero-order chi connectivity index (χ0) is 16.6. The van der Waals surface area contributed by atoms with E-state index in [-0.39, 0.29) is 17.7 Å². The Kier molecular flexibility index (Phi) is 5.48. The van der Waals surface area contributed by atoms with Crippen molar-refractivity contribution >= 4 is 0 Å². The molecule has 0 amide bonds. The Labute approximate surface area is 141 Å². The molecule has 5 atom stereocenters. The van der Waals surface area contributed by atoms with Crippen molar-refractivity contribution in [1.29, 1.82) is 0 Å². The van der Waals surface area contributed by atoms with E-state index in [4.69, 9.17) is 0 Å². The van der Waals surface area contributed by atoms with Crippen LogP contribution in [-0.4, -0.2) is 6.17 Å². The zero-order valence-corrected chi connectivity index (χ0v) is 15.2. The van der Waals surface area contributed by atoms with Gasteiger partial charge in [0.2, 0.25) is 0 Å². The highest BCUT2D eigenvalue weighted by Gasteiger charge is 2.38. The molecule has 5 unspecified atom stereocenters. The molecular formula is C21H34F2. The standard InChI is InChI=1S/C21H34F2/c1-13-4-6-16(7-5-13)17-8-9-19(21(23)11-17)18-10-14(2)15(3)20(22)12-18/h13-18,20H,4-12H2,1-3H3. The van der Waals surface area contributed by atoms with Crippen LogP contribution in [0.15, 0.2) is 11.4 Å². The lowest BCUT2D eigenvalue weighted by Crippen LogP contribution is -2.33. The molecule has 0 radical (unpaired) electrons. The molecule has 2 fully saturated rings. The Morgan fingerprint density at radius 3 is 2.17 bits per heavy atom. The average molecular weight is 324 g/mol. The van der Waals surface area contributed by atoms with Gasteiger partial charge in [-0.05, 0) is 79.6 Å². The predicted molar refractivity (Wildman–Crippen MR) is 92.5 cm³/mol. The molecule has 2 saturated carbocycles. The average Bonchev–Trinajstić information content (AvgIpc) is 2.53. The molecule has 0 aliphatic heterocycles. The van der Waals surface area contributed by atoms with Gasteiger partial charge in [0.05, 0.1) is 5.83 Å². The molecule has 3 aliphatic carbocycles. The van der Waals surface area contributed by atoms with Crippen molar-refractivity contribution < 1.29 is 8.78 Å². The maximum absolute atomic E-state index is 14.8. The Morgan fingerprint density at radius 2 is 1.57 bits per heavy atom. The molecule has 0 aromatic heterocycles.